The van der Waals surface area contributed by atoms with E-state index in [1.54, 1.807) is 17.0 Å². The molecule has 9 heteroatoms. The summed E-state index contributed by atoms with van der Waals surface area (Å²) in [5.74, 6) is 1.19. The third-order valence-corrected chi connectivity index (χ3v) is 7.78. The Morgan fingerprint density at radius 1 is 1.09 bits per heavy atom. The molecule has 33 heavy (non-hydrogen) atoms. The van der Waals surface area contributed by atoms with E-state index in [4.69, 9.17) is 18.6 Å². The molecule has 0 radical (unpaired) electrons. The van der Waals surface area contributed by atoms with Crippen molar-refractivity contribution in [1.82, 2.24) is 4.90 Å². The van der Waals surface area contributed by atoms with E-state index in [1.807, 2.05) is 31.2 Å². The number of aryl methyl sites for hydroxylation is 1. The average molecular weight is 474 g/mol. The molecule has 1 amide bonds. The largest absolute Gasteiger partial charge is 0.493 e. The second-order valence-corrected chi connectivity index (χ2v) is 10.3. The fourth-order valence-electron chi connectivity index (χ4n) is 4.32. The Bertz CT molecular complexity index is 1270. The lowest BCUT2D eigenvalue weighted by Gasteiger charge is -2.28. The Balaban J connectivity index is 1.76. The van der Waals surface area contributed by atoms with Gasteiger partial charge in [-0.15, -0.1) is 0 Å². The first-order valence-electron chi connectivity index (χ1n) is 10.6. The molecule has 1 aromatic heterocycles. The van der Waals surface area contributed by atoms with Crippen LogP contribution in [0, 0.1) is 6.92 Å². The smallest absolute Gasteiger partial charge is 0.290 e. The minimum Gasteiger partial charge on any atom is -0.493 e. The molecule has 0 saturated carbocycles. The monoisotopic (exact) mass is 473 g/mol. The van der Waals surface area contributed by atoms with Gasteiger partial charge in [-0.2, -0.15) is 0 Å². The normalized spacial score (nSPS) is 17.2. The van der Waals surface area contributed by atoms with Crippen LogP contribution in [0.25, 0.3) is 11.0 Å². The van der Waals surface area contributed by atoms with Crippen LogP contribution in [0.3, 0.4) is 0 Å². The van der Waals surface area contributed by atoms with Gasteiger partial charge in [-0.05, 0) is 37.1 Å². The lowest BCUT2D eigenvalue weighted by atomic mass is 10.1. The lowest BCUT2D eigenvalue weighted by molar-refractivity contribution is 0.0649. The second-order valence-electron chi connectivity index (χ2n) is 8.08. The highest BCUT2D eigenvalue weighted by Crippen LogP contribution is 2.39. The summed E-state index contributed by atoms with van der Waals surface area (Å²) in [5, 5.41) is 0.854. The molecule has 3 aromatic rings. The number of amides is 1. The van der Waals surface area contributed by atoms with Gasteiger partial charge in [-0.25, -0.2) is 8.42 Å². The number of benzene rings is 2. The number of rotatable bonds is 7. The Morgan fingerprint density at radius 2 is 1.76 bits per heavy atom. The van der Waals surface area contributed by atoms with E-state index < -0.39 is 15.9 Å². The van der Waals surface area contributed by atoms with Crippen LogP contribution in [0.4, 0.5) is 0 Å². The molecule has 1 atom stereocenters. The van der Waals surface area contributed by atoms with Crippen molar-refractivity contribution >= 4 is 26.7 Å². The summed E-state index contributed by atoms with van der Waals surface area (Å²) in [5.41, 5.74) is 2.06. The molecule has 0 spiro atoms. The van der Waals surface area contributed by atoms with Gasteiger partial charge < -0.3 is 23.5 Å². The number of carbonyl (C=O) groups is 1. The average Bonchev–Trinajstić information content (AvgIpc) is 3.35. The Hall–Kier alpha value is -3.20. The van der Waals surface area contributed by atoms with Gasteiger partial charge in [0.25, 0.3) is 5.91 Å². The molecule has 1 saturated heterocycles. The minimum atomic E-state index is -3.21. The zero-order valence-corrected chi connectivity index (χ0v) is 19.9. The van der Waals surface area contributed by atoms with Gasteiger partial charge in [0.05, 0.1) is 32.8 Å². The summed E-state index contributed by atoms with van der Waals surface area (Å²) < 4.78 is 46.6. The molecule has 0 N–H and O–H groups in total. The Kier molecular flexibility index (Phi) is 6.25. The molecule has 1 aliphatic rings. The van der Waals surface area contributed by atoms with Crippen molar-refractivity contribution in [2.24, 2.45) is 0 Å². The number of carbonyl (C=O) groups excluding carboxylic acids is 1. The van der Waals surface area contributed by atoms with E-state index in [0.717, 1.165) is 16.5 Å². The highest BCUT2D eigenvalue weighted by atomic mass is 32.2. The first-order chi connectivity index (χ1) is 15.8. The molecule has 176 valence electrons. The minimum absolute atomic E-state index is 0.0514. The van der Waals surface area contributed by atoms with E-state index in [2.05, 4.69) is 0 Å². The van der Waals surface area contributed by atoms with Crippen LogP contribution in [-0.4, -0.2) is 58.1 Å². The molecule has 2 heterocycles. The zero-order chi connectivity index (χ0) is 23.8. The van der Waals surface area contributed by atoms with Crippen LogP contribution in [0.5, 0.6) is 17.2 Å². The summed E-state index contributed by atoms with van der Waals surface area (Å²) in [6, 6.07) is 10.5. The van der Waals surface area contributed by atoms with Gasteiger partial charge >= 0.3 is 0 Å². The van der Waals surface area contributed by atoms with Crippen LogP contribution in [-0.2, 0) is 16.4 Å². The van der Waals surface area contributed by atoms with E-state index in [9.17, 15) is 13.2 Å². The van der Waals surface area contributed by atoms with Gasteiger partial charge in [0.2, 0.25) is 5.75 Å². The standard InChI is InChI=1S/C24H27NO7S/c1-15-18-7-5-6-8-19(18)32-22(15)24(26)25(17-9-10-33(27,28)14-17)13-16-11-20(29-2)23(31-4)21(12-16)30-3/h5-8,11-12,17H,9-10,13-14H2,1-4H3/t17-/m1/s1. The van der Waals surface area contributed by atoms with Crippen LogP contribution >= 0.6 is 0 Å². The third kappa shape index (κ3) is 4.37. The van der Waals surface area contributed by atoms with Crippen molar-refractivity contribution in [3.63, 3.8) is 0 Å². The third-order valence-electron chi connectivity index (χ3n) is 6.03. The number of hydrogen-bond donors (Lipinski definition) is 0. The van der Waals surface area contributed by atoms with Gasteiger partial charge in [0.1, 0.15) is 5.58 Å². The first-order valence-corrected chi connectivity index (χ1v) is 12.4. The number of sulfone groups is 1. The number of methoxy groups -OCH3 is 3. The van der Waals surface area contributed by atoms with Crippen molar-refractivity contribution in [2.45, 2.75) is 25.9 Å². The molecule has 0 aliphatic carbocycles. The Morgan fingerprint density at radius 3 is 2.30 bits per heavy atom. The summed E-state index contributed by atoms with van der Waals surface area (Å²) in [7, 11) is 1.34. The Labute approximate surface area is 192 Å². The second kappa shape index (κ2) is 8.97. The van der Waals surface area contributed by atoms with Gasteiger partial charge in [-0.1, -0.05) is 18.2 Å². The number of para-hydroxylation sites is 1. The molecule has 1 aliphatic heterocycles. The SMILES string of the molecule is COc1cc(CN(C(=O)c2oc3ccccc3c2C)[C@@H]2CCS(=O)(=O)C2)cc(OC)c1OC. The zero-order valence-electron chi connectivity index (χ0n) is 19.1. The fourth-order valence-corrected chi connectivity index (χ4v) is 6.05. The maximum Gasteiger partial charge on any atom is 0.290 e. The van der Waals surface area contributed by atoms with E-state index in [0.29, 0.717) is 29.3 Å². The van der Waals surface area contributed by atoms with E-state index >= 15 is 0 Å². The van der Waals surface area contributed by atoms with Crippen LogP contribution in [0.15, 0.2) is 40.8 Å². The van der Waals surface area contributed by atoms with E-state index in [1.165, 1.54) is 21.3 Å². The predicted molar refractivity (Wildman–Crippen MR) is 124 cm³/mol. The predicted octanol–water partition coefficient (Wildman–Crippen LogP) is 3.60. The highest BCUT2D eigenvalue weighted by Gasteiger charge is 2.37. The summed E-state index contributed by atoms with van der Waals surface area (Å²) in [4.78, 5) is 15.3. The van der Waals surface area contributed by atoms with Crippen molar-refractivity contribution in [1.29, 1.82) is 0 Å². The number of hydrogen-bond acceptors (Lipinski definition) is 7. The summed E-state index contributed by atoms with van der Waals surface area (Å²) in [6.07, 6.45) is 0.373. The van der Waals surface area contributed by atoms with Crippen molar-refractivity contribution < 1.29 is 31.8 Å². The number of furan rings is 1. The molecule has 1 fully saturated rings. The van der Waals surface area contributed by atoms with Gasteiger partial charge in [0, 0.05) is 23.5 Å². The molecule has 0 bridgehead atoms. The molecular weight excluding hydrogens is 446 g/mol. The quantitative estimate of drug-likeness (QED) is 0.517. The molecule has 4 rings (SSSR count). The molecule has 8 nitrogen and oxygen atoms in total. The topological polar surface area (TPSA) is 95.3 Å². The maximum atomic E-state index is 13.7. The maximum absolute atomic E-state index is 13.7. The van der Waals surface area contributed by atoms with Crippen LogP contribution in [0.2, 0.25) is 0 Å². The number of fused-ring (bicyclic) bond motifs is 1. The van der Waals surface area contributed by atoms with Crippen molar-refractivity contribution in [2.75, 3.05) is 32.8 Å². The van der Waals surface area contributed by atoms with Gasteiger partial charge in [-0.3, -0.25) is 4.79 Å². The lowest BCUT2D eigenvalue weighted by Crippen LogP contribution is -2.40. The van der Waals surface area contributed by atoms with Crippen LogP contribution < -0.4 is 14.2 Å². The summed E-state index contributed by atoms with van der Waals surface area (Å²) >= 11 is 0. The number of ether oxygens (including phenoxy) is 3. The first kappa shape index (κ1) is 23.0. The molecule has 0 unspecified atom stereocenters. The van der Waals surface area contributed by atoms with E-state index in [-0.39, 0.29) is 29.7 Å². The van der Waals surface area contributed by atoms with Crippen LogP contribution in [0.1, 0.15) is 28.1 Å². The highest BCUT2D eigenvalue weighted by molar-refractivity contribution is 7.91. The van der Waals surface area contributed by atoms with Crippen molar-refractivity contribution in [3.8, 4) is 17.2 Å². The number of nitrogens with zero attached hydrogens (tertiary/aromatic N) is 1. The molecular formula is C24H27NO7S. The van der Waals surface area contributed by atoms with Gasteiger partial charge in [0.15, 0.2) is 27.1 Å². The summed E-state index contributed by atoms with van der Waals surface area (Å²) in [6.45, 7) is 1.99. The molecule has 2 aromatic carbocycles. The fraction of sp³-hybridized carbons (Fsp3) is 0.375. The van der Waals surface area contributed by atoms with Crippen molar-refractivity contribution in [3.05, 3.63) is 53.3 Å².